The monoisotopic (exact) mass is 278 g/mol. The highest BCUT2D eigenvalue weighted by Crippen LogP contribution is 2.26. The summed E-state index contributed by atoms with van der Waals surface area (Å²) in [6.45, 7) is 2.11. The Bertz CT molecular complexity index is 426. The highest BCUT2D eigenvalue weighted by Gasteiger charge is 2.08. The number of rotatable bonds is 5. The molecule has 0 bridgehead atoms. The first-order valence-corrected chi connectivity index (χ1v) is 8.27. The van der Waals surface area contributed by atoms with Gasteiger partial charge < -0.3 is 0 Å². The van der Waals surface area contributed by atoms with Crippen molar-refractivity contribution in [1.29, 1.82) is 0 Å². The lowest BCUT2D eigenvalue weighted by Gasteiger charge is -2.09. The van der Waals surface area contributed by atoms with Crippen molar-refractivity contribution in [1.82, 2.24) is 0 Å². The summed E-state index contributed by atoms with van der Waals surface area (Å²) in [7, 11) is -3.09. The van der Waals surface area contributed by atoms with Crippen molar-refractivity contribution in [3.8, 4) is 0 Å². The van der Waals surface area contributed by atoms with E-state index < -0.39 is 9.84 Å². The van der Waals surface area contributed by atoms with Gasteiger partial charge in [0.25, 0.3) is 0 Å². The van der Waals surface area contributed by atoms with Gasteiger partial charge in [-0.1, -0.05) is 6.92 Å². The van der Waals surface area contributed by atoms with Crippen LogP contribution >= 0.6 is 23.4 Å². The predicted octanol–water partition coefficient (Wildman–Crippen LogP) is 3.20. The number of hydrogen-bond acceptors (Lipinski definition) is 3. The van der Waals surface area contributed by atoms with Crippen LogP contribution in [0.1, 0.15) is 13.3 Å². The molecular formula is C11H15ClO2S2. The third-order valence-electron chi connectivity index (χ3n) is 2.10. The summed E-state index contributed by atoms with van der Waals surface area (Å²) < 4.78 is 22.5. The lowest BCUT2D eigenvalue weighted by Crippen LogP contribution is -1.98. The standard InChI is InChI=1S/C11H15ClO2S2/c1-9(7-8-12)15-10-3-5-11(6-4-10)16(2,13)14/h3-6,9H,7-8H2,1-2H3. The first-order valence-electron chi connectivity index (χ1n) is 4.96. The molecule has 2 nitrogen and oxygen atoms in total. The van der Waals surface area contributed by atoms with Crippen LogP contribution in [-0.2, 0) is 9.84 Å². The first kappa shape index (κ1) is 13.9. The summed E-state index contributed by atoms with van der Waals surface area (Å²) in [5.41, 5.74) is 0. The van der Waals surface area contributed by atoms with Gasteiger partial charge in [0.1, 0.15) is 0 Å². The summed E-state index contributed by atoms with van der Waals surface area (Å²) in [5, 5.41) is 0.446. The Morgan fingerprint density at radius 1 is 1.31 bits per heavy atom. The smallest absolute Gasteiger partial charge is 0.175 e. The number of halogens is 1. The van der Waals surface area contributed by atoms with Crippen molar-refractivity contribution in [2.45, 2.75) is 28.4 Å². The van der Waals surface area contributed by atoms with E-state index in [0.717, 1.165) is 11.3 Å². The maximum atomic E-state index is 11.2. The molecule has 0 heterocycles. The molecule has 1 atom stereocenters. The number of benzene rings is 1. The molecule has 1 unspecified atom stereocenters. The van der Waals surface area contributed by atoms with Gasteiger partial charge >= 0.3 is 0 Å². The van der Waals surface area contributed by atoms with E-state index in [9.17, 15) is 8.42 Å². The Morgan fingerprint density at radius 3 is 2.31 bits per heavy atom. The van der Waals surface area contributed by atoms with Gasteiger partial charge in [0.05, 0.1) is 4.90 Å². The van der Waals surface area contributed by atoms with E-state index in [0.29, 0.717) is 16.0 Å². The predicted molar refractivity (Wildman–Crippen MR) is 70.2 cm³/mol. The van der Waals surface area contributed by atoms with Crippen molar-refractivity contribution in [2.75, 3.05) is 12.1 Å². The molecule has 5 heteroatoms. The fourth-order valence-electron chi connectivity index (χ4n) is 1.21. The van der Waals surface area contributed by atoms with Gasteiger partial charge in [0, 0.05) is 22.3 Å². The van der Waals surface area contributed by atoms with Gasteiger partial charge in [-0.15, -0.1) is 23.4 Å². The van der Waals surface area contributed by atoms with Gasteiger partial charge in [0.2, 0.25) is 0 Å². The molecule has 0 aliphatic heterocycles. The Kier molecular flexibility index (Phi) is 5.15. The second kappa shape index (κ2) is 5.94. The summed E-state index contributed by atoms with van der Waals surface area (Å²) >= 11 is 7.36. The molecule has 0 saturated heterocycles. The molecule has 1 aromatic rings. The molecule has 0 amide bonds. The molecule has 0 aliphatic rings. The number of hydrogen-bond donors (Lipinski definition) is 0. The molecule has 0 spiro atoms. The third kappa shape index (κ3) is 4.36. The molecule has 1 rings (SSSR count). The van der Waals surface area contributed by atoms with E-state index in [1.165, 1.54) is 6.26 Å². The first-order chi connectivity index (χ1) is 7.43. The molecule has 1 aromatic carbocycles. The molecule has 0 N–H and O–H groups in total. The van der Waals surface area contributed by atoms with Crippen LogP contribution in [0.4, 0.5) is 0 Å². The van der Waals surface area contributed by atoms with Gasteiger partial charge in [-0.2, -0.15) is 0 Å². The van der Waals surface area contributed by atoms with Crippen LogP contribution in [0.5, 0.6) is 0 Å². The Hall–Kier alpha value is -0.190. The topological polar surface area (TPSA) is 34.1 Å². The zero-order chi connectivity index (χ0) is 12.2. The number of sulfone groups is 1. The van der Waals surface area contributed by atoms with Crippen LogP contribution in [0.25, 0.3) is 0 Å². The van der Waals surface area contributed by atoms with Crippen molar-refractivity contribution >= 4 is 33.2 Å². The minimum absolute atomic E-state index is 0.363. The van der Waals surface area contributed by atoms with E-state index in [1.807, 2.05) is 12.1 Å². The molecule has 0 fully saturated rings. The quantitative estimate of drug-likeness (QED) is 0.613. The maximum absolute atomic E-state index is 11.2. The minimum atomic E-state index is -3.09. The summed E-state index contributed by atoms with van der Waals surface area (Å²) in [4.78, 5) is 1.44. The molecule has 16 heavy (non-hydrogen) atoms. The van der Waals surface area contributed by atoms with Crippen LogP contribution in [0.15, 0.2) is 34.1 Å². The van der Waals surface area contributed by atoms with Gasteiger partial charge in [0.15, 0.2) is 9.84 Å². The van der Waals surface area contributed by atoms with Crippen molar-refractivity contribution in [3.05, 3.63) is 24.3 Å². The van der Waals surface area contributed by atoms with Gasteiger partial charge in [-0.05, 0) is 30.7 Å². The molecule has 0 saturated carbocycles. The van der Waals surface area contributed by atoms with E-state index in [2.05, 4.69) is 6.92 Å². The Labute approximate surface area is 106 Å². The number of thioether (sulfide) groups is 1. The lowest BCUT2D eigenvalue weighted by molar-refractivity contribution is 0.602. The zero-order valence-corrected chi connectivity index (χ0v) is 11.7. The highest BCUT2D eigenvalue weighted by atomic mass is 35.5. The highest BCUT2D eigenvalue weighted by molar-refractivity contribution is 8.00. The average Bonchev–Trinajstić information content (AvgIpc) is 2.17. The molecule has 90 valence electrons. The summed E-state index contributed by atoms with van der Waals surface area (Å²) in [5.74, 6) is 0.648. The van der Waals surface area contributed by atoms with Crippen LogP contribution in [0.3, 0.4) is 0 Å². The SMILES string of the molecule is CC(CCCl)Sc1ccc(S(C)(=O)=O)cc1. The molecule has 0 aromatic heterocycles. The largest absolute Gasteiger partial charge is 0.224 e. The van der Waals surface area contributed by atoms with Crippen molar-refractivity contribution in [2.24, 2.45) is 0 Å². The second-order valence-electron chi connectivity index (χ2n) is 3.65. The van der Waals surface area contributed by atoms with Crippen LogP contribution in [0.2, 0.25) is 0 Å². The molecule has 0 radical (unpaired) electrons. The fourth-order valence-corrected chi connectivity index (χ4v) is 3.29. The molecule has 0 aliphatic carbocycles. The van der Waals surface area contributed by atoms with Gasteiger partial charge in [-0.3, -0.25) is 0 Å². The second-order valence-corrected chi connectivity index (χ2v) is 7.56. The van der Waals surface area contributed by atoms with Crippen LogP contribution in [-0.4, -0.2) is 25.8 Å². The maximum Gasteiger partial charge on any atom is 0.175 e. The van der Waals surface area contributed by atoms with Gasteiger partial charge in [-0.25, -0.2) is 8.42 Å². The minimum Gasteiger partial charge on any atom is -0.224 e. The van der Waals surface area contributed by atoms with E-state index >= 15 is 0 Å². The van der Waals surface area contributed by atoms with E-state index in [4.69, 9.17) is 11.6 Å². The van der Waals surface area contributed by atoms with E-state index in [-0.39, 0.29) is 0 Å². The average molecular weight is 279 g/mol. The number of alkyl halides is 1. The van der Waals surface area contributed by atoms with Crippen molar-refractivity contribution in [3.63, 3.8) is 0 Å². The van der Waals surface area contributed by atoms with Crippen LogP contribution < -0.4 is 0 Å². The zero-order valence-electron chi connectivity index (χ0n) is 9.31. The Balaban J connectivity index is 2.72. The van der Waals surface area contributed by atoms with Crippen LogP contribution in [0, 0.1) is 0 Å². The third-order valence-corrected chi connectivity index (χ3v) is 4.63. The summed E-state index contributed by atoms with van der Waals surface area (Å²) in [6.07, 6.45) is 2.16. The normalized spacial score (nSPS) is 13.7. The lowest BCUT2D eigenvalue weighted by atomic mass is 10.4. The van der Waals surface area contributed by atoms with Crippen molar-refractivity contribution < 1.29 is 8.42 Å². The Morgan fingerprint density at radius 2 is 1.88 bits per heavy atom. The molecular weight excluding hydrogens is 264 g/mol. The fraction of sp³-hybridized carbons (Fsp3) is 0.455. The summed E-state index contributed by atoms with van der Waals surface area (Å²) in [6, 6.07) is 6.97. The van der Waals surface area contributed by atoms with E-state index in [1.54, 1.807) is 23.9 Å².